The van der Waals surface area contributed by atoms with Gasteiger partial charge in [0.1, 0.15) is 10.6 Å². The molecule has 104 valence electrons. The van der Waals surface area contributed by atoms with E-state index in [9.17, 15) is 8.42 Å². The van der Waals surface area contributed by atoms with Crippen LogP contribution in [0, 0.1) is 0 Å². The van der Waals surface area contributed by atoms with Crippen LogP contribution in [0.2, 0.25) is 0 Å². The fourth-order valence-corrected chi connectivity index (χ4v) is 5.00. The van der Waals surface area contributed by atoms with Crippen molar-refractivity contribution in [1.82, 2.24) is 4.31 Å². The molecule has 0 saturated carbocycles. The van der Waals surface area contributed by atoms with Crippen molar-refractivity contribution in [2.45, 2.75) is 36.6 Å². The average molecular weight is 346 g/mol. The molecule has 1 aromatic rings. The van der Waals surface area contributed by atoms with Crippen LogP contribution in [0.15, 0.2) is 27.6 Å². The van der Waals surface area contributed by atoms with E-state index in [-0.39, 0.29) is 6.04 Å². The topological polar surface area (TPSA) is 46.6 Å². The van der Waals surface area contributed by atoms with E-state index in [0.717, 1.165) is 30.2 Å². The van der Waals surface area contributed by atoms with Crippen LogP contribution < -0.4 is 4.74 Å². The predicted octanol–water partition coefficient (Wildman–Crippen LogP) is 2.77. The molecule has 0 bridgehead atoms. The van der Waals surface area contributed by atoms with Crippen LogP contribution >= 0.6 is 15.9 Å². The molecule has 1 fully saturated rings. The molecule has 1 saturated heterocycles. The predicted molar refractivity (Wildman–Crippen MR) is 75.8 cm³/mol. The number of fused-ring (bicyclic) bond motifs is 2. The molecule has 2 heterocycles. The monoisotopic (exact) mass is 345 g/mol. The fraction of sp³-hybridized carbons (Fsp3) is 0.538. The fourth-order valence-electron chi connectivity index (χ4n) is 2.82. The smallest absolute Gasteiger partial charge is 0.247 e. The number of piperidine rings is 1. The van der Waals surface area contributed by atoms with E-state index >= 15 is 0 Å². The van der Waals surface area contributed by atoms with Crippen LogP contribution in [0.4, 0.5) is 0 Å². The maximum absolute atomic E-state index is 12.8. The Hall–Kier alpha value is -0.590. The summed E-state index contributed by atoms with van der Waals surface area (Å²) in [5.74, 6) is 0.457. The van der Waals surface area contributed by atoms with E-state index in [1.54, 1.807) is 22.5 Å². The van der Waals surface area contributed by atoms with Gasteiger partial charge in [0, 0.05) is 17.1 Å². The molecule has 0 N–H and O–H groups in total. The van der Waals surface area contributed by atoms with Gasteiger partial charge >= 0.3 is 0 Å². The number of hydrogen-bond acceptors (Lipinski definition) is 3. The van der Waals surface area contributed by atoms with Gasteiger partial charge in [-0.25, -0.2) is 8.42 Å². The molecule has 0 spiro atoms. The lowest BCUT2D eigenvalue weighted by molar-refractivity contribution is 0.191. The Morgan fingerprint density at radius 2 is 2.11 bits per heavy atom. The van der Waals surface area contributed by atoms with Crippen molar-refractivity contribution in [3.63, 3.8) is 0 Å². The molecule has 4 nitrogen and oxygen atoms in total. The molecule has 19 heavy (non-hydrogen) atoms. The molecule has 2 aliphatic rings. The molecule has 1 aromatic carbocycles. The molecular formula is C13H16BrNO3S. The van der Waals surface area contributed by atoms with E-state index in [1.165, 1.54) is 0 Å². The zero-order chi connectivity index (χ0) is 13.5. The highest BCUT2D eigenvalue weighted by molar-refractivity contribution is 9.10. The van der Waals surface area contributed by atoms with Crippen LogP contribution in [0.25, 0.3) is 0 Å². The van der Waals surface area contributed by atoms with Crippen molar-refractivity contribution in [3.8, 4) is 5.75 Å². The number of hydrogen-bond donors (Lipinski definition) is 0. The third-order valence-corrected chi connectivity index (χ3v) is 6.26. The number of sulfonamides is 1. The van der Waals surface area contributed by atoms with Gasteiger partial charge in [0.25, 0.3) is 0 Å². The van der Waals surface area contributed by atoms with Crippen LogP contribution in [0.3, 0.4) is 0 Å². The lowest BCUT2D eigenvalue weighted by Crippen LogP contribution is -2.45. The SMILES string of the molecule is O=S1(=O)c2ccc(Br)cc2OCCC2CCCCN21. The average Bonchev–Trinajstić information content (AvgIpc) is 2.38. The molecule has 2 aliphatic heterocycles. The highest BCUT2D eigenvalue weighted by atomic mass is 79.9. The number of nitrogens with zero attached hydrogens (tertiary/aromatic N) is 1. The van der Waals surface area contributed by atoms with E-state index < -0.39 is 10.0 Å². The number of halogens is 1. The van der Waals surface area contributed by atoms with Gasteiger partial charge in [-0.1, -0.05) is 22.4 Å². The summed E-state index contributed by atoms with van der Waals surface area (Å²) >= 11 is 3.35. The van der Waals surface area contributed by atoms with Gasteiger partial charge in [0.2, 0.25) is 10.0 Å². The molecule has 1 atom stereocenters. The maximum atomic E-state index is 12.8. The van der Waals surface area contributed by atoms with Crippen LogP contribution in [-0.4, -0.2) is 31.9 Å². The summed E-state index contributed by atoms with van der Waals surface area (Å²) in [6.07, 6.45) is 3.76. The molecular weight excluding hydrogens is 330 g/mol. The first-order valence-corrected chi connectivity index (χ1v) is 8.76. The Labute approximate surface area is 121 Å². The summed E-state index contributed by atoms with van der Waals surface area (Å²) in [6.45, 7) is 1.20. The van der Waals surface area contributed by atoms with E-state index in [2.05, 4.69) is 15.9 Å². The summed E-state index contributed by atoms with van der Waals surface area (Å²) in [5.41, 5.74) is 0. The second kappa shape index (κ2) is 5.07. The first-order valence-electron chi connectivity index (χ1n) is 6.53. The van der Waals surface area contributed by atoms with Crippen LogP contribution in [0.5, 0.6) is 5.75 Å². The zero-order valence-electron chi connectivity index (χ0n) is 10.5. The second-order valence-corrected chi connectivity index (χ2v) is 7.77. The number of benzene rings is 1. The van der Waals surface area contributed by atoms with Crippen molar-refractivity contribution < 1.29 is 13.2 Å². The second-order valence-electron chi connectivity index (χ2n) is 4.99. The third kappa shape index (κ3) is 2.41. The van der Waals surface area contributed by atoms with Crippen molar-refractivity contribution in [1.29, 1.82) is 0 Å². The third-order valence-electron chi connectivity index (χ3n) is 3.77. The van der Waals surface area contributed by atoms with E-state index in [1.807, 2.05) is 0 Å². The number of rotatable bonds is 0. The lowest BCUT2D eigenvalue weighted by atomic mass is 10.0. The minimum Gasteiger partial charge on any atom is -0.492 e. The maximum Gasteiger partial charge on any atom is 0.247 e. The van der Waals surface area contributed by atoms with Crippen molar-refractivity contribution in [2.75, 3.05) is 13.2 Å². The minimum atomic E-state index is -3.43. The molecule has 0 radical (unpaired) electrons. The summed E-state index contributed by atoms with van der Waals surface area (Å²) in [5, 5.41) is 0. The van der Waals surface area contributed by atoms with E-state index in [4.69, 9.17) is 4.74 Å². The molecule has 0 aliphatic carbocycles. The zero-order valence-corrected chi connectivity index (χ0v) is 12.9. The quantitative estimate of drug-likeness (QED) is 0.726. The molecule has 1 unspecified atom stereocenters. The summed E-state index contributed by atoms with van der Waals surface area (Å²) < 4.78 is 33.7. The molecule has 0 aromatic heterocycles. The molecule has 6 heteroatoms. The van der Waals surface area contributed by atoms with Gasteiger partial charge in [-0.15, -0.1) is 0 Å². The Morgan fingerprint density at radius 1 is 1.26 bits per heavy atom. The van der Waals surface area contributed by atoms with Gasteiger partial charge in [-0.2, -0.15) is 4.31 Å². The van der Waals surface area contributed by atoms with Crippen LogP contribution in [0.1, 0.15) is 25.7 Å². The van der Waals surface area contributed by atoms with Crippen molar-refractivity contribution in [3.05, 3.63) is 22.7 Å². The summed E-state index contributed by atoms with van der Waals surface area (Å²) in [7, 11) is -3.43. The molecule has 3 rings (SSSR count). The van der Waals surface area contributed by atoms with Crippen LogP contribution in [-0.2, 0) is 10.0 Å². The standard InChI is InChI=1S/C13H16BrNO3S/c14-10-4-5-13-12(9-10)18-8-6-11-3-1-2-7-15(11)19(13,16)17/h4-5,9,11H,1-3,6-8H2. The van der Waals surface area contributed by atoms with Crippen molar-refractivity contribution >= 4 is 26.0 Å². The highest BCUT2D eigenvalue weighted by Gasteiger charge is 2.36. The largest absolute Gasteiger partial charge is 0.492 e. The summed E-state index contributed by atoms with van der Waals surface area (Å²) in [6, 6.07) is 5.21. The van der Waals surface area contributed by atoms with Crippen molar-refractivity contribution in [2.24, 2.45) is 0 Å². The van der Waals surface area contributed by atoms with E-state index in [0.29, 0.717) is 23.8 Å². The minimum absolute atomic E-state index is 0.0931. The lowest BCUT2D eigenvalue weighted by Gasteiger charge is -2.36. The highest BCUT2D eigenvalue weighted by Crippen LogP contribution is 2.35. The van der Waals surface area contributed by atoms with Gasteiger partial charge in [0.15, 0.2) is 0 Å². The summed E-state index contributed by atoms with van der Waals surface area (Å²) in [4.78, 5) is 0.294. The first kappa shape index (κ1) is 13.4. The Kier molecular flexibility index (Phi) is 3.57. The number of ether oxygens (including phenoxy) is 1. The Morgan fingerprint density at radius 3 is 2.95 bits per heavy atom. The van der Waals surface area contributed by atoms with Gasteiger partial charge in [0.05, 0.1) is 6.61 Å². The normalized spacial score (nSPS) is 26.5. The Bertz CT molecular complexity index is 588. The Balaban J connectivity index is 2.10. The van der Waals surface area contributed by atoms with Gasteiger partial charge in [-0.3, -0.25) is 0 Å². The van der Waals surface area contributed by atoms with Gasteiger partial charge in [-0.05, 0) is 37.5 Å². The first-order chi connectivity index (χ1) is 9.09. The van der Waals surface area contributed by atoms with Gasteiger partial charge < -0.3 is 4.74 Å². The molecule has 0 amide bonds.